The molecule has 0 amide bonds. The van der Waals surface area contributed by atoms with Crippen LogP contribution in [0.5, 0.6) is 0 Å². The molecular weight excluding hydrogens is 302 g/mol. The summed E-state index contributed by atoms with van der Waals surface area (Å²) in [7, 11) is 2.14. The van der Waals surface area contributed by atoms with Gasteiger partial charge in [0.15, 0.2) is 0 Å². The highest BCUT2D eigenvalue weighted by Crippen LogP contribution is 2.16. The molecule has 0 aliphatic heterocycles. The van der Waals surface area contributed by atoms with Gasteiger partial charge >= 0.3 is 0 Å². The summed E-state index contributed by atoms with van der Waals surface area (Å²) in [4.78, 5) is 2.29. The fourth-order valence-electron chi connectivity index (χ4n) is 2.01. The first-order valence-electron chi connectivity index (χ1n) is 7.90. The summed E-state index contributed by atoms with van der Waals surface area (Å²) < 4.78 is 0. The molecule has 2 heteroatoms. The molecule has 0 saturated heterocycles. The van der Waals surface area contributed by atoms with Crippen LogP contribution in [0.15, 0.2) is 42.5 Å². The molecule has 0 fully saturated rings. The van der Waals surface area contributed by atoms with E-state index in [2.05, 4.69) is 94.8 Å². The Morgan fingerprint density at radius 1 is 1.26 bits per heavy atom. The van der Waals surface area contributed by atoms with Crippen LogP contribution in [0.1, 0.15) is 45.7 Å². The topological polar surface area (TPSA) is 3.24 Å². The van der Waals surface area contributed by atoms with Gasteiger partial charge in [-0.15, -0.1) is 12.4 Å². The van der Waals surface area contributed by atoms with Crippen molar-refractivity contribution in [3.8, 4) is 11.8 Å². The standard InChI is InChI=1S/C21H29N.ClH/c1-7-18(2)20-13-11-12-19(16-20)17-22(6)15-10-8-9-14-21(3,4)5;/h7-8,10-13,16H,15,17H2,1-6H3;1H/b10-8+,18-7-;. The molecule has 0 N–H and O–H groups in total. The van der Waals surface area contributed by atoms with Crippen LogP contribution in [0.3, 0.4) is 0 Å². The molecule has 0 atom stereocenters. The predicted molar refractivity (Wildman–Crippen MR) is 106 cm³/mol. The van der Waals surface area contributed by atoms with Gasteiger partial charge in [-0.3, -0.25) is 4.90 Å². The van der Waals surface area contributed by atoms with Gasteiger partial charge in [0.25, 0.3) is 0 Å². The van der Waals surface area contributed by atoms with E-state index in [1.54, 1.807) is 0 Å². The highest BCUT2D eigenvalue weighted by molar-refractivity contribution is 5.85. The summed E-state index contributed by atoms with van der Waals surface area (Å²) in [6.45, 7) is 12.5. The number of benzene rings is 1. The van der Waals surface area contributed by atoms with Crippen LogP contribution in [-0.2, 0) is 6.54 Å². The van der Waals surface area contributed by atoms with Crippen molar-refractivity contribution < 1.29 is 0 Å². The second-order valence-corrected chi connectivity index (χ2v) is 6.79. The van der Waals surface area contributed by atoms with Crippen molar-refractivity contribution in [3.05, 3.63) is 53.6 Å². The summed E-state index contributed by atoms with van der Waals surface area (Å²) in [5.41, 5.74) is 4.04. The minimum absolute atomic E-state index is 0. The first kappa shape index (κ1) is 21.5. The Morgan fingerprint density at radius 3 is 2.57 bits per heavy atom. The van der Waals surface area contributed by atoms with E-state index in [4.69, 9.17) is 0 Å². The molecular formula is C21H30ClN. The number of nitrogens with zero attached hydrogens (tertiary/aromatic N) is 1. The van der Waals surface area contributed by atoms with Crippen LogP contribution in [0.25, 0.3) is 5.57 Å². The van der Waals surface area contributed by atoms with Gasteiger partial charge in [0, 0.05) is 18.5 Å². The summed E-state index contributed by atoms with van der Waals surface area (Å²) in [6, 6.07) is 8.76. The predicted octanol–water partition coefficient (Wildman–Crippen LogP) is 5.57. The number of allylic oxidation sites excluding steroid dienone is 3. The number of rotatable bonds is 5. The van der Waals surface area contributed by atoms with Crippen LogP contribution in [0, 0.1) is 17.3 Å². The molecule has 23 heavy (non-hydrogen) atoms. The third-order valence-electron chi connectivity index (χ3n) is 3.33. The van der Waals surface area contributed by atoms with Crippen LogP contribution >= 0.6 is 12.4 Å². The summed E-state index contributed by atoms with van der Waals surface area (Å²) in [5.74, 6) is 6.32. The SMILES string of the molecule is C/C=C(/C)c1cccc(CN(C)C/C=C/C#CC(C)(C)C)c1.Cl. The van der Waals surface area contributed by atoms with E-state index in [-0.39, 0.29) is 17.8 Å². The average molecular weight is 332 g/mol. The van der Waals surface area contributed by atoms with E-state index in [0.717, 1.165) is 13.1 Å². The van der Waals surface area contributed by atoms with Crippen molar-refractivity contribution in [2.75, 3.05) is 13.6 Å². The molecule has 1 aromatic rings. The molecule has 0 unspecified atom stereocenters. The summed E-state index contributed by atoms with van der Waals surface area (Å²) in [5, 5.41) is 0. The zero-order valence-corrected chi connectivity index (χ0v) is 16.1. The molecule has 0 aromatic heterocycles. The fraction of sp³-hybridized carbons (Fsp3) is 0.429. The monoisotopic (exact) mass is 331 g/mol. The van der Waals surface area contributed by atoms with Crippen molar-refractivity contribution in [1.29, 1.82) is 0 Å². The van der Waals surface area contributed by atoms with Gasteiger partial charge in [-0.1, -0.05) is 48.3 Å². The second-order valence-electron chi connectivity index (χ2n) is 6.79. The van der Waals surface area contributed by atoms with E-state index in [0.29, 0.717) is 0 Å². The Hall–Kier alpha value is -1.49. The van der Waals surface area contributed by atoms with Crippen molar-refractivity contribution in [1.82, 2.24) is 4.90 Å². The molecule has 0 radical (unpaired) electrons. The molecule has 0 heterocycles. The van der Waals surface area contributed by atoms with Gasteiger partial charge in [0.05, 0.1) is 0 Å². The molecule has 0 bridgehead atoms. The molecule has 1 rings (SSSR count). The van der Waals surface area contributed by atoms with Crippen LogP contribution in [-0.4, -0.2) is 18.5 Å². The van der Waals surface area contributed by atoms with Gasteiger partial charge < -0.3 is 0 Å². The lowest BCUT2D eigenvalue weighted by Gasteiger charge is -2.15. The molecule has 0 spiro atoms. The second kappa shape index (κ2) is 10.3. The Morgan fingerprint density at radius 2 is 1.96 bits per heavy atom. The largest absolute Gasteiger partial charge is 0.298 e. The van der Waals surface area contributed by atoms with Crippen LogP contribution in [0.4, 0.5) is 0 Å². The lowest BCUT2D eigenvalue weighted by Crippen LogP contribution is -2.17. The quantitative estimate of drug-likeness (QED) is 0.637. The Labute approximate surface area is 148 Å². The van der Waals surface area contributed by atoms with Gasteiger partial charge in [0.1, 0.15) is 0 Å². The Balaban J connectivity index is 0.00000484. The fourth-order valence-corrected chi connectivity index (χ4v) is 2.01. The Bertz CT molecular complexity index is 594. The van der Waals surface area contributed by atoms with Gasteiger partial charge in [-0.05, 0) is 64.4 Å². The lowest BCUT2D eigenvalue weighted by molar-refractivity contribution is 0.363. The van der Waals surface area contributed by atoms with Gasteiger partial charge in [0.2, 0.25) is 0 Å². The third kappa shape index (κ3) is 9.29. The van der Waals surface area contributed by atoms with E-state index < -0.39 is 0 Å². The zero-order chi connectivity index (χ0) is 16.6. The number of hydrogen-bond acceptors (Lipinski definition) is 1. The summed E-state index contributed by atoms with van der Waals surface area (Å²) >= 11 is 0. The molecule has 1 aromatic carbocycles. The summed E-state index contributed by atoms with van der Waals surface area (Å²) in [6.07, 6.45) is 6.24. The van der Waals surface area contributed by atoms with E-state index >= 15 is 0 Å². The normalized spacial score (nSPS) is 12.0. The molecule has 0 aliphatic carbocycles. The Kier molecular flexibility index (Phi) is 9.65. The lowest BCUT2D eigenvalue weighted by atomic mass is 9.98. The van der Waals surface area contributed by atoms with Crippen molar-refractivity contribution >= 4 is 18.0 Å². The minimum Gasteiger partial charge on any atom is -0.298 e. The maximum Gasteiger partial charge on any atom is 0.0234 e. The zero-order valence-electron chi connectivity index (χ0n) is 15.3. The van der Waals surface area contributed by atoms with E-state index in [9.17, 15) is 0 Å². The number of likely N-dealkylation sites (N-methyl/N-ethyl adjacent to an activating group) is 1. The minimum atomic E-state index is 0. The number of halogens is 1. The van der Waals surface area contributed by atoms with E-state index in [1.165, 1.54) is 16.7 Å². The van der Waals surface area contributed by atoms with E-state index in [1.807, 2.05) is 6.08 Å². The van der Waals surface area contributed by atoms with Crippen molar-refractivity contribution in [3.63, 3.8) is 0 Å². The number of hydrogen-bond donors (Lipinski definition) is 0. The van der Waals surface area contributed by atoms with Crippen molar-refractivity contribution in [2.24, 2.45) is 5.41 Å². The highest BCUT2D eigenvalue weighted by Gasteiger charge is 2.02. The third-order valence-corrected chi connectivity index (χ3v) is 3.33. The maximum absolute atomic E-state index is 3.21. The molecule has 126 valence electrons. The van der Waals surface area contributed by atoms with Crippen LogP contribution < -0.4 is 0 Å². The first-order valence-corrected chi connectivity index (χ1v) is 7.90. The molecule has 1 nitrogen and oxygen atoms in total. The highest BCUT2D eigenvalue weighted by atomic mass is 35.5. The van der Waals surface area contributed by atoms with Crippen molar-refractivity contribution in [2.45, 2.75) is 41.2 Å². The first-order chi connectivity index (χ1) is 10.3. The average Bonchev–Trinajstić information content (AvgIpc) is 2.45. The van der Waals surface area contributed by atoms with Gasteiger partial charge in [-0.2, -0.15) is 0 Å². The molecule has 0 saturated carbocycles. The smallest absolute Gasteiger partial charge is 0.0234 e. The van der Waals surface area contributed by atoms with Gasteiger partial charge in [-0.25, -0.2) is 0 Å². The molecule has 0 aliphatic rings. The van der Waals surface area contributed by atoms with Crippen LogP contribution in [0.2, 0.25) is 0 Å². The maximum atomic E-state index is 3.21.